The third-order valence-electron chi connectivity index (χ3n) is 9.94. The van der Waals surface area contributed by atoms with Gasteiger partial charge in [0.1, 0.15) is 18.0 Å². The molecule has 0 aromatic rings. The molecule has 11 nitrogen and oxygen atoms in total. The number of cyclic esters (lactones) is 1. The van der Waals surface area contributed by atoms with E-state index in [9.17, 15) is 24.6 Å². The summed E-state index contributed by atoms with van der Waals surface area (Å²) >= 11 is 0. The molecule has 13 atom stereocenters. The van der Waals surface area contributed by atoms with E-state index in [1.165, 1.54) is 6.92 Å². The molecule has 1 saturated heterocycles. The van der Waals surface area contributed by atoms with Gasteiger partial charge < -0.3 is 43.6 Å². The third kappa shape index (κ3) is 9.35. The summed E-state index contributed by atoms with van der Waals surface area (Å²) in [5, 5.41) is 23.4. The van der Waals surface area contributed by atoms with Gasteiger partial charge in [-0.3, -0.25) is 9.59 Å². The second kappa shape index (κ2) is 16.3. The number of allylic oxidation sites excluding steroid dienone is 1. The van der Waals surface area contributed by atoms with Crippen LogP contribution in [0.25, 0.3) is 0 Å². The molecule has 0 spiro atoms. The Bertz CT molecular complexity index is 1030. The van der Waals surface area contributed by atoms with Crippen LogP contribution in [0.1, 0.15) is 88.0 Å². The summed E-state index contributed by atoms with van der Waals surface area (Å²) in [6, 6.07) is -0.192. The normalized spacial score (nSPS) is 43.5. The molecule has 0 unspecified atom stereocenters. The Morgan fingerprint density at radius 1 is 1.20 bits per heavy atom. The van der Waals surface area contributed by atoms with Gasteiger partial charge in [-0.25, -0.2) is 0 Å². The van der Waals surface area contributed by atoms with Gasteiger partial charge in [-0.05, 0) is 73.9 Å². The van der Waals surface area contributed by atoms with Crippen molar-refractivity contribution in [2.45, 2.75) is 142 Å². The fourth-order valence-electron chi connectivity index (χ4n) is 7.35. The third-order valence-corrected chi connectivity index (χ3v) is 9.94. The van der Waals surface area contributed by atoms with Crippen molar-refractivity contribution in [2.75, 3.05) is 21.2 Å². The first-order valence-corrected chi connectivity index (χ1v) is 16.3. The maximum absolute atomic E-state index is 13.5. The average molecular weight is 642 g/mol. The Kier molecular flexibility index (Phi) is 14.2. The molecule has 11 heteroatoms. The molecule has 0 radical (unpaired) electrons. The molecule has 1 fully saturated rings. The summed E-state index contributed by atoms with van der Waals surface area (Å²) < 4.78 is 30.9. The lowest BCUT2D eigenvalue weighted by molar-refractivity contribution is -0.303. The van der Waals surface area contributed by atoms with Crippen LogP contribution in [0.4, 0.5) is 0 Å². The average Bonchev–Trinajstić information content (AvgIpc) is 2.95. The SMILES string of the molecule is CC[C@H]1OC(=O)[C@H](C)[C@@H](O)[C@H](C)[C@@H](O[C@@H]2O[C@H](C)C[C@H](N(C)C)[C@H]2OC(C)=O)[C@](C)(OC)C[C@@H](C)/C=C(/C)[C@@H](CC=O)[C@]1(C)O. The van der Waals surface area contributed by atoms with Gasteiger partial charge >= 0.3 is 11.9 Å². The van der Waals surface area contributed by atoms with E-state index in [-0.39, 0.29) is 24.5 Å². The van der Waals surface area contributed by atoms with Crippen LogP contribution in [0.2, 0.25) is 0 Å². The van der Waals surface area contributed by atoms with Gasteiger partial charge in [0.25, 0.3) is 0 Å². The molecular weight excluding hydrogens is 582 g/mol. The number of hydrogen-bond acceptors (Lipinski definition) is 11. The summed E-state index contributed by atoms with van der Waals surface area (Å²) in [5.41, 5.74) is -1.78. The van der Waals surface area contributed by atoms with Gasteiger partial charge in [-0.2, -0.15) is 0 Å². The first kappa shape index (κ1) is 39.3. The molecule has 0 aromatic carbocycles. The van der Waals surface area contributed by atoms with Crippen molar-refractivity contribution in [3.05, 3.63) is 11.6 Å². The zero-order valence-corrected chi connectivity index (χ0v) is 29.4. The Labute approximate surface area is 269 Å². The number of esters is 2. The molecular formula is C34H59NO10. The summed E-state index contributed by atoms with van der Waals surface area (Å²) in [4.78, 5) is 39.5. The van der Waals surface area contributed by atoms with E-state index in [4.69, 9.17) is 23.7 Å². The number of ether oxygens (including phenoxy) is 5. The van der Waals surface area contributed by atoms with E-state index < -0.39 is 71.6 Å². The number of carbonyl (C=O) groups excluding carboxylic acids is 3. The molecule has 0 aliphatic carbocycles. The van der Waals surface area contributed by atoms with Crippen LogP contribution < -0.4 is 0 Å². The van der Waals surface area contributed by atoms with Crippen molar-refractivity contribution in [1.29, 1.82) is 0 Å². The molecule has 0 saturated carbocycles. The monoisotopic (exact) mass is 641 g/mol. The van der Waals surface area contributed by atoms with Crippen LogP contribution in [-0.2, 0) is 38.1 Å². The molecule has 2 N–H and O–H groups in total. The highest BCUT2D eigenvalue weighted by molar-refractivity contribution is 5.73. The van der Waals surface area contributed by atoms with Gasteiger partial charge in [0.05, 0.1) is 35.9 Å². The Hall–Kier alpha value is -1.89. The van der Waals surface area contributed by atoms with Gasteiger partial charge in [-0.1, -0.05) is 32.4 Å². The smallest absolute Gasteiger partial charge is 0.311 e. The van der Waals surface area contributed by atoms with E-state index in [2.05, 4.69) is 0 Å². The van der Waals surface area contributed by atoms with E-state index in [0.717, 1.165) is 11.9 Å². The lowest BCUT2D eigenvalue weighted by Gasteiger charge is -2.48. The number of aliphatic hydroxyl groups excluding tert-OH is 1. The largest absolute Gasteiger partial charge is 0.459 e. The Morgan fingerprint density at radius 2 is 1.82 bits per heavy atom. The number of aliphatic hydroxyl groups is 2. The predicted molar refractivity (Wildman–Crippen MR) is 169 cm³/mol. The molecule has 0 amide bonds. The zero-order chi connectivity index (χ0) is 34.4. The van der Waals surface area contributed by atoms with Crippen LogP contribution in [0.15, 0.2) is 11.6 Å². The van der Waals surface area contributed by atoms with Gasteiger partial charge in [-0.15, -0.1) is 0 Å². The first-order valence-electron chi connectivity index (χ1n) is 16.3. The molecule has 0 bridgehead atoms. The van der Waals surface area contributed by atoms with E-state index >= 15 is 0 Å². The quantitative estimate of drug-likeness (QED) is 0.228. The molecule has 0 aromatic heterocycles. The number of carbonyl (C=O) groups is 3. The number of aldehydes is 1. The zero-order valence-electron chi connectivity index (χ0n) is 29.4. The molecule has 45 heavy (non-hydrogen) atoms. The van der Waals surface area contributed by atoms with Gasteiger partial charge in [0, 0.05) is 32.3 Å². The maximum atomic E-state index is 13.5. The minimum atomic E-state index is -1.54. The number of likely N-dealkylation sites (N-methyl/N-ethyl adjacent to an activating group) is 1. The molecule has 2 heterocycles. The number of methoxy groups -OCH3 is 1. The summed E-state index contributed by atoms with van der Waals surface area (Å²) in [6.45, 7) is 15.8. The number of hydrogen-bond donors (Lipinski definition) is 2. The van der Waals surface area contributed by atoms with E-state index in [0.29, 0.717) is 19.3 Å². The van der Waals surface area contributed by atoms with Crippen molar-refractivity contribution < 1.29 is 48.3 Å². The standard InChI is InChI=1S/C34H59NO10/c1-13-27-34(9,40)25(14-15-36)20(3)16-19(2)18-33(8,41-12)30(22(5)28(38)23(6)31(39)44-27)45-32-29(43-24(7)37)26(35(10)11)17-21(4)42-32/h15-16,19,21-23,25-30,32,38,40H,13-14,17-18H2,1-12H3/b20-16-/t19-,21+,22-,23+,25+,26-,27+,28-,29+,30+,32-,33+,34-/m0/s1. The number of nitrogens with zero attached hydrogens (tertiary/aromatic N) is 1. The summed E-state index contributed by atoms with van der Waals surface area (Å²) in [6.07, 6.45) is -0.782. The lowest BCUT2D eigenvalue weighted by Crippen LogP contribution is -2.60. The van der Waals surface area contributed by atoms with Gasteiger partial charge in [0.2, 0.25) is 0 Å². The second-order valence-electron chi connectivity index (χ2n) is 14.0. The van der Waals surface area contributed by atoms with Crippen LogP contribution in [0, 0.1) is 23.7 Å². The van der Waals surface area contributed by atoms with Crippen molar-refractivity contribution >= 4 is 18.2 Å². The highest BCUT2D eigenvalue weighted by Crippen LogP contribution is 2.40. The predicted octanol–water partition coefficient (Wildman–Crippen LogP) is 3.67. The first-order chi connectivity index (χ1) is 20.8. The molecule has 2 aliphatic rings. The Balaban J connectivity index is 2.71. The minimum absolute atomic E-state index is 0.0420. The van der Waals surface area contributed by atoms with Crippen LogP contribution in [0.3, 0.4) is 0 Å². The van der Waals surface area contributed by atoms with Crippen LogP contribution >= 0.6 is 0 Å². The van der Waals surface area contributed by atoms with Crippen molar-refractivity contribution in [2.24, 2.45) is 23.7 Å². The molecule has 2 aliphatic heterocycles. The van der Waals surface area contributed by atoms with Crippen molar-refractivity contribution in [3.63, 3.8) is 0 Å². The lowest BCUT2D eigenvalue weighted by atomic mass is 9.74. The van der Waals surface area contributed by atoms with Crippen LogP contribution in [0.5, 0.6) is 0 Å². The highest BCUT2D eigenvalue weighted by atomic mass is 16.7. The fourth-order valence-corrected chi connectivity index (χ4v) is 7.35. The topological polar surface area (TPSA) is 141 Å². The van der Waals surface area contributed by atoms with Crippen molar-refractivity contribution in [3.8, 4) is 0 Å². The Morgan fingerprint density at radius 3 is 2.33 bits per heavy atom. The molecule has 260 valence electrons. The van der Waals surface area contributed by atoms with Crippen LogP contribution in [-0.4, -0.2) is 109 Å². The second-order valence-corrected chi connectivity index (χ2v) is 14.0. The van der Waals surface area contributed by atoms with Crippen molar-refractivity contribution in [1.82, 2.24) is 4.90 Å². The molecule has 2 rings (SSSR count). The highest BCUT2D eigenvalue weighted by Gasteiger charge is 2.50. The van der Waals surface area contributed by atoms with E-state index in [1.54, 1.807) is 34.8 Å². The maximum Gasteiger partial charge on any atom is 0.311 e. The van der Waals surface area contributed by atoms with E-state index in [1.807, 2.05) is 52.8 Å². The summed E-state index contributed by atoms with van der Waals surface area (Å²) in [5.74, 6) is -3.55. The fraction of sp³-hybridized carbons (Fsp3) is 0.853. The van der Waals surface area contributed by atoms with Gasteiger partial charge in [0.15, 0.2) is 12.4 Å². The summed E-state index contributed by atoms with van der Waals surface area (Å²) in [7, 11) is 5.39. The minimum Gasteiger partial charge on any atom is -0.459 e. The number of rotatable bonds is 8.